The monoisotopic (exact) mass is 84.0 g/mol. The molecule has 0 aliphatic heterocycles. The normalized spacial score (nSPS) is 5.60. The van der Waals surface area contributed by atoms with Crippen LogP contribution in [0.25, 0.3) is 0 Å². The van der Waals surface area contributed by atoms with Gasteiger partial charge in [0, 0.05) is 0 Å². The van der Waals surface area contributed by atoms with Crippen LogP contribution in [0, 0.1) is 11.2 Å². The molecule has 0 spiro atoms. The van der Waals surface area contributed by atoms with Crippen LogP contribution in [0.4, 0.5) is 0 Å². The molecule has 3 heteroatoms. The summed E-state index contributed by atoms with van der Waals surface area (Å²) in [5.41, 5.74) is 0. The summed E-state index contributed by atoms with van der Waals surface area (Å²) in [6.07, 6.45) is 0. The number of nitriles is 1. The molecule has 0 aromatic rings. The third kappa shape index (κ3) is 3.98. The standard InChI is InChI=1S/C2H4BNP/c4-1-3-2-5/h2,5H2. The van der Waals surface area contributed by atoms with Gasteiger partial charge < -0.3 is 0 Å². The van der Waals surface area contributed by atoms with Crippen molar-refractivity contribution in [1.82, 2.24) is 0 Å². The maximum Gasteiger partial charge on any atom is 0.258 e. The molecule has 0 aliphatic carbocycles. The third-order valence-electron chi connectivity index (χ3n) is 0.209. The van der Waals surface area contributed by atoms with Crippen molar-refractivity contribution in [3.63, 3.8) is 0 Å². The van der Waals surface area contributed by atoms with E-state index in [0.717, 1.165) is 6.06 Å². The van der Waals surface area contributed by atoms with Gasteiger partial charge in [0.2, 0.25) is 0 Å². The van der Waals surface area contributed by atoms with E-state index in [9.17, 15) is 0 Å². The zero-order chi connectivity index (χ0) is 4.12. The van der Waals surface area contributed by atoms with Gasteiger partial charge in [0.25, 0.3) is 7.28 Å². The van der Waals surface area contributed by atoms with E-state index in [4.69, 9.17) is 5.26 Å². The molecular weight excluding hydrogens is 79.8 g/mol. The Kier molecular flexibility index (Phi) is 3.97. The van der Waals surface area contributed by atoms with Crippen molar-refractivity contribution in [2.45, 2.75) is 0 Å². The average molecular weight is 83.8 g/mol. The molecule has 0 saturated carbocycles. The second kappa shape index (κ2) is 3.98. The molecule has 0 heterocycles. The van der Waals surface area contributed by atoms with Crippen LogP contribution in [0.1, 0.15) is 0 Å². The van der Waals surface area contributed by atoms with Gasteiger partial charge in [0.05, 0.1) is 0 Å². The molecule has 0 saturated heterocycles. The molecule has 1 radical (unpaired) electrons. The molecule has 0 aliphatic rings. The van der Waals surface area contributed by atoms with E-state index in [2.05, 4.69) is 9.24 Å². The fraction of sp³-hybridized carbons (Fsp3) is 0.500. The Balaban J connectivity index is 2.48. The van der Waals surface area contributed by atoms with Crippen molar-refractivity contribution in [2.24, 2.45) is 0 Å². The quantitative estimate of drug-likeness (QED) is 0.324. The van der Waals surface area contributed by atoms with E-state index in [-0.39, 0.29) is 0 Å². The van der Waals surface area contributed by atoms with E-state index < -0.39 is 0 Å². The lowest BCUT2D eigenvalue weighted by molar-refractivity contribution is 1.56. The van der Waals surface area contributed by atoms with Gasteiger partial charge in [0.1, 0.15) is 0 Å². The van der Waals surface area contributed by atoms with Gasteiger partial charge in [-0.1, -0.05) is 0 Å². The van der Waals surface area contributed by atoms with E-state index in [1.165, 1.54) is 7.28 Å². The van der Waals surface area contributed by atoms with Crippen LogP contribution in [0.5, 0.6) is 0 Å². The number of hydrogen-bond acceptors (Lipinski definition) is 1. The molecule has 0 N–H and O–H groups in total. The highest BCUT2D eigenvalue weighted by Crippen LogP contribution is 1.70. The lowest BCUT2D eigenvalue weighted by Gasteiger charge is -1.61. The topological polar surface area (TPSA) is 23.8 Å². The molecule has 0 bridgehead atoms. The summed E-state index contributed by atoms with van der Waals surface area (Å²) >= 11 is 0. The van der Waals surface area contributed by atoms with Crippen molar-refractivity contribution < 1.29 is 0 Å². The average Bonchev–Trinajstić information content (AvgIpc) is 1.41. The summed E-state index contributed by atoms with van der Waals surface area (Å²) in [5.74, 6) is 1.87. The van der Waals surface area contributed by atoms with Crippen LogP contribution < -0.4 is 0 Å². The van der Waals surface area contributed by atoms with E-state index in [1.54, 1.807) is 0 Å². The highest BCUT2D eigenvalue weighted by Gasteiger charge is 1.72. The molecule has 25 valence electrons. The van der Waals surface area contributed by atoms with Crippen LogP contribution in [0.15, 0.2) is 0 Å². The zero-order valence-electron chi connectivity index (χ0n) is 2.81. The largest absolute Gasteiger partial charge is 0.258 e. The Morgan fingerprint density at radius 2 is 2.60 bits per heavy atom. The molecule has 0 fully saturated rings. The van der Waals surface area contributed by atoms with Crippen LogP contribution in [0.3, 0.4) is 0 Å². The maximum absolute atomic E-state index is 7.75. The Bertz CT molecular complexity index is 48.1. The number of nitrogens with zero attached hydrogens (tertiary/aromatic N) is 1. The first-order valence-electron chi connectivity index (χ1n) is 1.33. The second-order valence-corrected chi connectivity index (χ2v) is 1.04. The van der Waals surface area contributed by atoms with Gasteiger partial charge in [0.15, 0.2) is 0 Å². The Morgan fingerprint density at radius 1 is 2.00 bits per heavy atom. The minimum absolute atomic E-state index is 0.774. The van der Waals surface area contributed by atoms with Crippen LogP contribution >= 0.6 is 9.24 Å². The summed E-state index contributed by atoms with van der Waals surface area (Å²) in [5, 5.41) is 7.75. The fourth-order valence-corrected chi connectivity index (χ4v) is 0.158. The summed E-state index contributed by atoms with van der Waals surface area (Å²) < 4.78 is 0. The van der Waals surface area contributed by atoms with Crippen molar-refractivity contribution in [3.8, 4) is 5.97 Å². The lowest BCUT2D eigenvalue weighted by atomic mass is 9.86. The lowest BCUT2D eigenvalue weighted by Crippen LogP contribution is -1.81. The second-order valence-electron chi connectivity index (χ2n) is 0.569. The number of rotatable bonds is 1. The van der Waals surface area contributed by atoms with Gasteiger partial charge >= 0.3 is 0 Å². The molecule has 1 unspecified atom stereocenters. The predicted molar refractivity (Wildman–Crippen MR) is 25.9 cm³/mol. The zero-order valence-corrected chi connectivity index (χ0v) is 3.96. The van der Waals surface area contributed by atoms with Crippen molar-refractivity contribution in [3.05, 3.63) is 0 Å². The molecule has 0 aromatic heterocycles. The van der Waals surface area contributed by atoms with E-state index in [1.807, 2.05) is 5.97 Å². The van der Waals surface area contributed by atoms with Crippen LogP contribution in [-0.2, 0) is 0 Å². The van der Waals surface area contributed by atoms with Crippen LogP contribution in [-0.4, -0.2) is 13.3 Å². The molecule has 0 aromatic carbocycles. The molecule has 0 rings (SSSR count). The summed E-state index contributed by atoms with van der Waals surface area (Å²) in [6.45, 7) is 0. The van der Waals surface area contributed by atoms with Crippen LogP contribution in [0.2, 0.25) is 0 Å². The molecule has 1 nitrogen and oxygen atoms in total. The maximum atomic E-state index is 7.75. The fourth-order valence-electron chi connectivity index (χ4n) is 0.0527. The Hall–Kier alpha value is -0.0151. The Morgan fingerprint density at radius 3 is 2.60 bits per heavy atom. The van der Waals surface area contributed by atoms with Gasteiger partial charge in [-0.25, -0.2) is 5.26 Å². The van der Waals surface area contributed by atoms with Gasteiger partial charge in [-0.3, -0.25) is 0 Å². The van der Waals surface area contributed by atoms with E-state index in [0.29, 0.717) is 0 Å². The van der Waals surface area contributed by atoms with Gasteiger partial charge in [-0.15, -0.1) is 9.24 Å². The van der Waals surface area contributed by atoms with Crippen molar-refractivity contribution in [1.29, 1.82) is 5.26 Å². The van der Waals surface area contributed by atoms with Crippen molar-refractivity contribution >= 4 is 16.5 Å². The summed E-state index contributed by atoms with van der Waals surface area (Å²) in [7, 11) is 3.94. The number of hydrogen-bond donors (Lipinski definition) is 0. The molecule has 1 atom stereocenters. The molecular formula is C2H4BNP. The summed E-state index contributed by atoms with van der Waals surface area (Å²) in [6, 6.07) is 0.774. The highest BCUT2D eigenvalue weighted by molar-refractivity contribution is 7.20. The smallest absolute Gasteiger partial charge is 0.213 e. The molecule has 5 heavy (non-hydrogen) atoms. The summed E-state index contributed by atoms with van der Waals surface area (Å²) in [4.78, 5) is 0. The van der Waals surface area contributed by atoms with E-state index >= 15 is 0 Å². The first-order valence-corrected chi connectivity index (χ1v) is 2.15. The first-order chi connectivity index (χ1) is 2.41. The highest BCUT2D eigenvalue weighted by atomic mass is 31.0. The predicted octanol–water partition coefficient (Wildman–Crippen LogP) is 0.00428. The van der Waals surface area contributed by atoms with Gasteiger partial charge in [-0.05, 0) is 12.0 Å². The van der Waals surface area contributed by atoms with Gasteiger partial charge in [-0.2, -0.15) is 0 Å². The SMILES string of the molecule is N#C[B]CP. The van der Waals surface area contributed by atoms with Crippen molar-refractivity contribution in [2.75, 3.05) is 6.06 Å². The molecule has 0 amide bonds. The Labute approximate surface area is 34.8 Å². The first kappa shape index (κ1) is 4.98. The minimum Gasteiger partial charge on any atom is -0.213 e. The third-order valence-corrected chi connectivity index (χ3v) is 0.445. The minimum atomic E-state index is 0.774.